The summed E-state index contributed by atoms with van der Waals surface area (Å²) in [6.45, 7) is 2.09. The maximum absolute atomic E-state index is 10.8. The van der Waals surface area contributed by atoms with E-state index in [0.717, 1.165) is 11.3 Å². The van der Waals surface area contributed by atoms with Crippen LogP contribution in [0.4, 0.5) is 0 Å². The van der Waals surface area contributed by atoms with Gasteiger partial charge in [0.2, 0.25) is 0 Å². The zero-order valence-corrected chi connectivity index (χ0v) is 7.78. The van der Waals surface area contributed by atoms with Gasteiger partial charge in [0.25, 0.3) is 0 Å². The Kier molecular flexibility index (Phi) is 3.17. The molecule has 0 bridgehead atoms. The maximum atomic E-state index is 10.8. The third-order valence-corrected chi connectivity index (χ3v) is 1.76. The molecule has 5 heteroatoms. The molecule has 0 saturated carbocycles. The summed E-state index contributed by atoms with van der Waals surface area (Å²) >= 11 is 0. The molecule has 0 aromatic carbocycles. The predicted molar refractivity (Wildman–Crippen MR) is 50.0 cm³/mol. The van der Waals surface area contributed by atoms with Crippen molar-refractivity contribution in [1.82, 2.24) is 10.3 Å². The molecule has 0 unspecified atom stereocenters. The van der Waals surface area contributed by atoms with Crippen LogP contribution in [0, 0.1) is 6.92 Å². The molecular formula is C9H11N3O2. The number of aromatic nitrogens is 1. The Morgan fingerprint density at radius 2 is 2.29 bits per heavy atom. The predicted octanol–water partition coefficient (Wildman–Crippen LogP) is -0.508. The third-order valence-electron chi connectivity index (χ3n) is 1.76. The highest BCUT2D eigenvalue weighted by Gasteiger charge is 2.08. The molecule has 0 spiro atoms. The van der Waals surface area contributed by atoms with E-state index < -0.39 is 11.8 Å². The van der Waals surface area contributed by atoms with E-state index in [1.165, 1.54) is 0 Å². The van der Waals surface area contributed by atoms with Crippen LogP contribution >= 0.6 is 0 Å². The van der Waals surface area contributed by atoms with Gasteiger partial charge < -0.3 is 11.1 Å². The number of primary amides is 1. The lowest BCUT2D eigenvalue weighted by molar-refractivity contribution is -0.137. The van der Waals surface area contributed by atoms with Gasteiger partial charge in [0.1, 0.15) is 0 Å². The second-order valence-corrected chi connectivity index (χ2v) is 2.81. The van der Waals surface area contributed by atoms with Gasteiger partial charge in [-0.1, -0.05) is 6.07 Å². The number of aryl methyl sites for hydroxylation is 1. The molecule has 74 valence electrons. The number of carbonyl (C=O) groups excluding carboxylic acids is 2. The molecule has 1 heterocycles. The zero-order valence-electron chi connectivity index (χ0n) is 7.78. The normalized spacial score (nSPS) is 9.50. The molecule has 0 radical (unpaired) electrons. The Hall–Kier alpha value is -1.91. The minimum Gasteiger partial charge on any atom is -0.361 e. The fourth-order valence-electron chi connectivity index (χ4n) is 0.955. The lowest BCUT2D eigenvalue weighted by atomic mass is 10.2. The lowest BCUT2D eigenvalue weighted by Gasteiger charge is -2.04. The van der Waals surface area contributed by atoms with Crippen molar-refractivity contribution in [3.05, 3.63) is 29.6 Å². The van der Waals surface area contributed by atoms with Crippen molar-refractivity contribution < 1.29 is 9.59 Å². The van der Waals surface area contributed by atoms with E-state index in [4.69, 9.17) is 5.73 Å². The number of hydrogen-bond donors (Lipinski definition) is 2. The van der Waals surface area contributed by atoms with E-state index in [0.29, 0.717) is 0 Å². The maximum Gasteiger partial charge on any atom is 0.309 e. The average Bonchev–Trinajstić information content (AvgIpc) is 2.16. The van der Waals surface area contributed by atoms with Crippen LogP contribution in [0.2, 0.25) is 0 Å². The second kappa shape index (κ2) is 4.36. The number of nitrogens with two attached hydrogens (primary N) is 1. The zero-order chi connectivity index (χ0) is 10.6. The van der Waals surface area contributed by atoms with Crippen molar-refractivity contribution in [2.45, 2.75) is 13.5 Å². The summed E-state index contributed by atoms with van der Waals surface area (Å²) in [6.07, 6.45) is 1.62. The van der Waals surface area contributed by atoms with Crippen LogP contribution in [0.15, 0.2) is 18.3 Å². The van der Waals surface area contributed by atoms with Crippen molar-refractivity contribution >= 4 is 11.8 Å². The Labute approximate surface area is 81.3 Å². The summed E-state index contributed by atoms with van der Waals surface area (Å²) in [4.78, 5) is 25.3. The van der Waals surface area contributed by atoms with Crippen molar-refractivity contribution in [1.29, 1.82) is 0 Å². The molecule has 14 heavy (non-hydrogen) atoms. The number of nitrogens with one attached hydrogen (secondary N) is 1. The first-order valence-corrected chi connectivity index (χ1v) is 4.09. The van der Waals surface area contributed by atoms with Gasteiger partial charge in [-0.25, -0.2) is 0 Å². The summed E-state index contributed by atoms with van der Waals surface area (Å²) in [5, 5.41) is 2.36. The van der Waals surface area contributed by atoms with Crippen LogP contribution in [0.5, 0.6) is 0 Å². The monoisotopic (exact) mass is 193 g/mol. The minimum absolute atomic E-state index is 0.217. The van der Waals surface area contributed by atoms with Gasteiger partial charge in [0.05, 0.1) is 12.2 Å². The van der Waals surface area contributed by atoms with Crippen LogP contribution in [0.25, 0.3) is 0 Å². The Morgan fingerprint density at radius 3 is 2.86 bits per heavy atom. The van der Waals surface area contributed by atoms with E-state index in [2.05, 4.69) is 10.3 Å². The van der Waals surface area contributed by atoms with Gasteiger partial charge in [-0.2, -0.15) is 0 Å². The van der Waals surface area contributed by atoms with Gasteiger partial charge in [0, 0.05) is 6.20 Å². The van der Waals surface area contributed by atoms with E-state index >= 15 is 0 Å². The molecule has 3 N–H and O–H groups in total. The number of nitrogens with zero attached hydrogens (tertiary/aromatic N) is 1. The van der Waals surface area contributed by atoms with Crippen molar-refractivity contribution in [3.8, 4) is 0 Å². The highest BCUT2D eigenvalue weighted by Crippen LogP contribution is 2.01. The van der Waals surface area contributed by atoms with Crippen molar-refractivity contribution in [2.24, 2.45) is 5.73 Å². The van der Waals surface area contributed by atoms with Gasteiger partial charge >= 0.3 is 11.8 Å². The molecule has 0 saturated heterocycles. The number of pyridine rings is 1. The standard InChI is InChI=1S/C9H11N3O2/c1-6-3-2-4-11-7(6)5-12-9(14)8(10)13/h2-4H,5H2,1H3,(H2,10,13)(H,12,14). The van der Waals surface area contributed by atoms with Gasteiger partial charge in [-0.05, 0) is 18.6 Å². The topological polar surface area (TPSA) is 85.1 Å². The molecule has 1 rings (SSSR count). The Balaban J connectivity index is 2.58. The largest absolute Gasteiger partial charge is 0.361 e. The molecule has 0 aliphatic rings. The lowest BCUT2D eigenvalue weighted by Crippen LogP contribution is -2.35. The molecule has 0 atom stereocenters. The summed E-state index contributed by atoms with van der Waals surface area (Å²) < 4.78 is 0. The van der Waals surface area contributed by atoms with E-state index in [1.807, 2.05) is 13.0 Å². The van der Waals surface area contributed by atoms with Gasteiger partial charge in [-0.3, -0.25) is 14.6 Å². The highest BCUT2D eigenvalue weighted by atomic mass is 16.2. The van der Waals surface area contributed by atoms with Gasteiger partial charge in [0.15, 0.2) is 0 Å². The van der Waals surface area contributed by atoms with Crippen molar-refractivity contribution in [3.63, 3.8) is 0 Å². The molecule has 5 nitrogen and oxygen atoms in total. The minimum atomic E-state index is -0.987. The summed E-state index contributed by atoms with van der Waals surface area (Å²) in [5.41, 5.74) is 6.45. The molecule has 1 aromatic heterocycles. The van der Waals surface area contributed by atoms with Crippen LogP contribution in [-0.4, -0.2) is 16.8 Å². The Bertz CT molecular complexity index is 363. The fourth-order valence-corrected chi connectivity index (χ4v) is 0.955. The highest BCUT2D eigenvalue weighted by molar-refractivity contribution is 6.34. The first-order chi connectivity index (χ1) is 6.61. The van der Waals surface area contributed by atoms with E-state index in [1.54, 1.807) is 12.3 Å². The second-order valence-electron chi connectivity index (χ2n) is 2.81. The van der Waals surface area contributed by atoms with E-state index in [-0.39, 0.29) is 6.54 Å². The number of rotatable bonds is 2. The number of carbonyl (C=O) groups is 2. The van der Waals surface area contributed by atoms with Crippen LogP contribution in [0.1, 0.15) is 11.3 Å². The molecule has 0 aliphatic heterocycles. The van der Waals surface area contributed by atoms with Crippen LogP contribution < -0.4 is 11.1 Å². The fraction of sp³-hybridized carbons (Fsp3) is 0.222. The summed E-state index contributed by atoms with van der Waals surface area (Å²) in [5.74, 6) is -1.78. The van der Waals surface area contributed by atoms with E-state index in [9.17, 15) is 9.59 Å². The van der Waals surface area contributed by atoms with Crippen molar-refractivity contribution in [2.75, 3.05) is 0 Å². The molecule has 1 aromatic rings. The van der Waals surface area contributed by atoms with Crippen LogP contribution in [0.3, 0.4) is 0 Å². The van der Waals surface area contributed by atoms with Gasteiger partial charge in [-0.15, -0.1) is 0 Å². The summed E-state index contributed by atoms with van der Waals surface area (Å²) in [7, 11) is 0. The quantitative estimate of drug-likeness (QED) is 0.620. The average molecular weight is 193 g/mol. The third kappa shape index (κ3) is 2.55. The van der Waals surface area contributed by atoms with Crippen LogP contribution in [-0.2, 0) is 16.1 Å². The smallest absolute Gasteiger partial charge is 0.309 e. The SMILES string of the molecule is Cc1cccnc1CNC(=O)C(N)=O. The summed E-state index contributed by atoms with van der Waals surface area (Å²) in [6, 6.07) is 3.67. The Morgan fingerprint density at radius 1 is 1.57 bits per heavy atom. The first-order valence-electron chi connectivity index (χ1n) is 4.09. The molecule has 0 aliphatic carbocycles. The molecule has 2 amide bonds. The molecular weight excluding hydrogens is 182 g/mol. The number of hydrogen-bond acceptors (Lipinski definition) is 3. The number of amides is 2. The first kappa shape index (κ1) is 10.2. The molecule has 0 fully saturated rings.